The van der Waals surface area contributed by atoms with Crippen molar-refractivity contribution >= 4 is 29.0 Å². The minimum absolute atomic E-state index is 0.0547. The van der Waals surface area contributed by atoms with Crippen LogP contribution in [0.4, 0.5) is 15.8 Å². The number of amides is 1. The lowest BCUT2D eigenvalue weighted by atomic mass is 10.1. The first-order chi connectivity index (χ1) is 12.5. The zero-order valence-electron chi connectivity index (χ0n) is 14.2. The highest BCUT2D eigenvalue weighted by molar-refractivity contribution is 7.99. The molecule has 0 aliphatic heterocycles. The molecule has 2 aromatic carbocycles. The Labute approximate surface area is 154 Å². The Kier molecular flexibility index (Phi) is 5.13. The van der Waals surface area contributed by atoms with Gasteiger partial charge in [0.1, 0.15) is 11.6 Å². The van der Waals surface area contributed by atoms with Gasteiger partial charge in [-0.2, -0.15) is 0 Å². The van der Waals surface area contributed by atoms with Crippen molar-refractivity contribution < 1.29 is 13.9 Å². The predicted molar refractivity (Wildman–Crippen MR) is 99.1 cm³/mol. The predicted octanol–water partition coefficient (Wildman–Crippen LogP) is 3.55. The van der Waals surface area contributed by atoms with Crippen LogP contribution in [0, 0.1) is 5.82 Å². The molecule has 0 unspecified atom stereocenters. The van der Waals surface area contributed by atoms with Crippen molar-refractivity contribution in [3.8, 4) is 5.75 Å². The average Bonchev–Trinajstić information content (AvgIpc) is 3.02. The van der Waals surface area contributed by atoms with Gasteiger partial charge in [-0.3, -0.25) is 4.79 Å². The van der Waals surface area contributed by atoms with E-state index in [1.54, 1.807) is 48.3 Å². The SMILES string of the molecule is COc1ccccc1NC(=O)c1cc(Sc2nccn2C)c(F)cc1N. The summed E-state index contributed by atoms with van der Waals surface area (Å²) in [6, 6.07) is 9.57. The van der Waals surface area contributed by atoms with Crippen LogP contribution >= 0.6 is 11.8 Å². The summed E-state index contributed by atoms with van der Waals surface area (Å²) < 4.78 is 21.2. The molecule has 3 rings (SSSR count). The number of carbonyl (C=O) groups excluding carboxylic acids is 1. The topological polar surface area (TPSA) is 82.2 Å². The Bertz CT molecular complexity index is 958. The summed E-state index contributed by atoms with van der Waals surface area (Å²) in [5.41, 5.74) is 6.59. The van der Waals surface area contributed by atoms with Gasteiger partial charge in [-0.1, -0.05) is 12.1 Å². The van der Waals surface area contributed by atoms with Gasteiger partial charge in [-0.15, -0.1) is 0 Å². The third kappa shape index (κ3) is 3.65. The van der Waals surface area contributed by atoms with Gasteiger partial charge in [-0.25, -0.2) is 9.37 Å². The van der Waals surface area contributed by atoms with E-state index in [-0.39, 0.29) is 16.1 Å². The Morgan fingerprint density at radius 2 is 2.12 bits per heavy atom. The maximum atomic E-state index is 14.3. The minimum atomic E-state index is -0.510. The summed E-state index contributed by atoms with van der Waals surface area (Å²) in [5, 5.41) is 3.34. The number of halogens is 1. The molecular weight excluding hydrogens is 355 g/mol. The van der Waals surface area contributed by atoms with E-state index in [1.165, 1.54) is 13.2 Å². The number of nitrogen functional groups attached to an aromatic ring is 1. The number of benzene rings is 2. The van der Waals surface area contributed by atoms with Crippen LogP contribution in [-0.2, 0) is 7.05 Å². The van der Waals surface area contributed by atoms with Crippen LogP contribution in [0.2, 0.25) is 0 Å². The van der Waals surface area contributed by atoms with Crippen LogP contribution in [0.1, 0.15) is 10.4 Å². The molecule has 0 bridgehead atoms. The first kappa shape index (κ1) is 17.8. The minimum Gasteiger partial charge on any atom is -0.495 e. The van der Waals surface area contributed by atoms with E-state index < -0.39 is 11.7 Å². The Hall–Kier alpha value is -3.00. The molecule has 1 heterocycles. The first-order valence-corrected chi connectivity index (χ1v) is 8.50. The number of imidazole rings is 1. The number of nitrogens with zero attached hydrogens (tertiary/aromatic N) is 2. The third-order valence-electron chi connectivity index (χ3n) is 3.68. The second kappa shape index (κ2) is 7.49. The van der Waals surface area contributed by atoms with Gasteiger partial charge < -0.3 is 20.4 Å². The number of rotatable bonds is 5. The van der Waals surface area contributed by atoms with Gasteiger partial charge >= 0.3 is 0 Å². The number of carbonyl (C=O) groups is 1. The normalized spacial score (nSPS) is 10.6. The summed E-state index contributed by atoms with van der Waals surface area (Å²) in [6.45, 7) is 0. The Morgan fingerprint density at radius 3 is 2.81 bits per heavy atom. The number of hydrogen-bond acceptors (Lipinski definition) is 5. The lowest BCUT2D eigenvalue weighted by molar-refractivity contribution is 0.102. The summed E-state index contributed by atoms with van der Waals surface area (Å²) in [6.07, 6.45) is 3.37. The van der Waals surface area contributed by atoms with Crippen molar-refractivity contribution in [2.75, 3.05) is 18.2 Å². The maximum Gasteiger partial charge on any atom is 0.257 e. The van der Waals surface area contributed by atoms with Gasteiger partial charge in [0.25, 0.3) is 5.91 Å². The fraction of sp³-hybridized carbons (Fsp3) is 0.111. The van der Waals surface area contributed by atoms with E-state index >= 15 is 0 Å². The van der Waals surface area contributed by atoms with Gasteiger partial charge in [-0.05, 0) is 36.0 Å². The zero-order valence-corrected chi connectivity index (χ0v) is 15.0. The molecule has 3 N–H and O–H groups in total. The number of methoxy groups -OCH3 is 1. The number of anilines is 2. The van der Waals surface area contributed by atoms with E-state index in [4.69, 9.17) is 10.5 Å². The molecule has 0 saturated heterocycles. The van der Waals surface area contributed by atoms with E-state index in [0.29, 0.717) is 16.6 Å². The van der Waals surface area contributed by atoms with Crippen molar-refractivity contribution in [2.45, 2.75) is 10.1 Å². The highest BCUT2D eigenvalue weighted by atomic mass is 32.2. The molecule has 3 aromatic rings. The highest BCUT2D eigenvalue weighted by Crippen LogP contribution is 2.32. The van der Waals surface area contributed by atoms with Crippen molar-refractivity contribution in [2.24, 2.45) is 7.05 Å². The monoisotopic (exact) mass is 372 g/mol. The second-order valence-corrected chi connectivity index (χ2v) is 6.46. The lowest BCUT2D eigenvalue weighted by Crippen LogP contribution is -2.15. The lowest BCUT2D eigenvalue weighted by Gasteiger charge is -2.12. The Balaban J connectivity index is 1.90. The number of ether oxygens (including phenoxy) is 1. The number of nitrogens with two attached hydrogens (primary N) is 1. The molecule has 26 heavy (non-hydrogen) atoms. The second-order valence-electron chi connectivity index (χ2n) is 5.45. The Morgan fingerprint density at radius 1 is 1.35 bits per heavy atom. The molecule has 134 valence electrons. The van der Waals surface area contributed by atoms with Crippen LogP contribution in [-0.4, -0.2) is 22.6 Å². The molecule has 0 saturated carbocycles. The summed E-state index contributed by atoms with van der Waals surface area (Å²) >= 11 is 1.12. The molecule has 8 heteroatoms. The molecule has 6 nitrogen and oxygen atoms in total. The van der Waals surface area contributed by atoms with Gasteiger partial charge in [0, 0.05) is 25.1 Å². The molecule has 0 aliphatic carbocycles. The number of hydrogen-bond donors (Lipinski definition) is 2. The van der Waals surface area contributed by atoms with E-state index in [2.05, 4.69) is 10.3 Å². The molecular formula is C18H17FN4O2S. The van der Waals surface area contributed by atoms with Gasteiger partial charge in [0.15, 0.2) is 5.16 Å². The maximum absolute atomic E-state index is 14.3. The van der Waals surface area contributed by atoms with Crippen LogP contribution in [0.25, 0.3) is 0 Å². The van der Waals surface area contributed by atoms with Crippen molar-refractivity contribution in [3.05, 3.63) is 60.2 Å². The molecule has 0 aliphatic rings. The molecule has 1 aromatic heterocycles. The fourth-order valence-electron chi connectivity index (χ4n) is 2.33. The van der Waals surface area contributed by atoms with E-state index in [0.717, 1.165) is 17.8 Å². The fourth-order valence-corrected chi connectivity index (χ4v) is 3.18. The number of aromatic nitrogens is 2. The first-order valence-electron chi connectivity index (χ1n) is 7.68. The van der Waals surface area contributed by atoms with Crippen molar-refractivity contribution in [3.63, 3.8) is 0 Å². The van der Waals surface area contributed by atoms with E-state index in [9.17, 15) is 9.18 Å². The average molecular weight is 372 g/mol. The van der Waals surface area contributed by atoms with Crippen molar-refractivity contribution in [1.29, 1.82) is 0 Å². The van der Waals surface area contributed by atoms with Crippen molar-refractivity contribution in [1.82, 2.24) is 9.55 Å². The molecule has 0 spiro atoms. The number of aryl methyl sites for hydroxylation is 1. The van der Waals surface area contributed by atoms with Crippen LogP contribution in [0.5, 0.6) is 5.75 Å². The number of para-hydroxylation sites is 2. The summed E-state index contributed by atoms with van der Waals surface area (Å²) in [7, 11) is 3.32. The quantitative estimate of drug-likeness (QED) is 0.669. The van der Waals surface area contributed by atoms with Crippen LogP contribution < -0.4 is 15.8 Å². The van der Waals surface area contributed by atoms with Crippen LogP contribution in [0.15, 0.2) is 58.8 Å². The smallest absolute Gasteiger partial charge is 0.257 e. The van der Waals surface area contributed by atoms with Gasteiger partial charge in [0.2, 0.25) is 0 Å². The van der Waals surface area contributed by atoms with E-state index in [1.807, 2.05) is 0 Å². The number of nitrogens with one attached hydrogen (secondary N) is 1. The summed E-state index contributed by atoms with van der Waals surface area (Å²) in [5.74, 6) is -0.442. The molecule has 0 atom stereocenters. The standard InChI is InChI=1S/C18H17FN4O2S/c1-23-8-7-21-18(23)26-16-9-11(13(20)10-12(16)19)17(24)22-14-5-3-4-6-15(14)25-2/h3-10H,20H2,1-2H3,(H,22,24). The third-order valence-corrected chi connectivity index (χ3v) is 4.79. The summed E-state index contributed by atoms with van der Waals surface area (Å²) in [4.78, 5) is 17.0. The molecule has 0 radical (unpaired) electrons. The van der Waals surface area contributed by atoms with Crippen LogP contribution in [0.3, 0.4) is 0 Å². The molecule has 0 fully saturated rings. The molecule has 1 amide bonds. The highest BCUT2D eigenvalue weighted by Gasteiger charge is 2.17. The largest absolute Gasteiger partial charge is 0.495 e. The van der Waals surface area contributed by atoms with Gasteiger partial charge in [0.05, 0.1) is 23.3 Å². The zero-order chi connectivity index (χ0) is 18.7.